The summed E-state index contributed by atoms with van der Waals surface area (Å²) in [5, 5.41) is -0.0428. The Morgan fingerprint density at radius 2 is 1.75 bits per heavy atom. The van der Waals surface area contributed by atoms with Crippen LogP contribution in [-0.4, -0.2) is 28.8 Å². The first kappa shape index (κ1) is 21.9. The molecule has 0 radical (unpaired) electrons. The van der Waals surface area contributed by atoms with Gasteiger partial charge >= 0.3 is 5.97 Å². The van der Waals surface area contributed by atoms with Crippen LogP contribution in [0.2, 0.25) is 5.02 Å². The Kier molecular flexibility index (Phi) is 5.95. The minimum absolute atomic E-state index is 0.285. The summed E-state index contributed by atoms with van der Waals surface area (Å²) in [6.45, 7) is 3.85. The van der Waals surface area contributed by atoms with E-state index in [9.17, 15) is 14.4 Å². The molecule has 6 nitrogen and oxygen atoms in total. The number of aryl methyl sites for hydroxylation is 1. The van der Waals surface area contributed by atoms with E-state index in [0.29, 0.717) is 10.6 Å². The van der Waals surface area contributed by atoms with Gasteiger partial charge in [-0.25, -0.2) is 9.69 Å². The number of halogens is 1. The van der Waals surface area contributed by atoms with E-state index in [-0.39, 0.29) is 21.7 Å². The molecule has 2 amide bonds. The number of hydrogen-bond donors (Lipinski definition) is 0. The number of amides is 2. The van der Waals surface area contributed by atoms with Gasteiger partial charge < -0.3 is 9.30 Å². The lowest BCUT2D eigenvalue weighted by Gasteiger charge is -2.12. The second-order valence-electron chi connectivity index (χ2n) is 7.17. The molecule has 0 atom stereocenters. The monoisotopic (exact) mass is 466 g/mol. The molecular weight excluding hydrogens is 448 g/mol. The van der Waals surface area contributed by atoms with Crippen molar-refractivity contribution in [3.63, 3.8) is 0 Å². The molecule has 162 valence electrons. The predicted molar refractivity (Wildman–Crippen MR) is 126 cm³/mol. The lowest BCUT2D eigenvalue weighted by Crippen LogP contribution is -2.27. The van der Waals surface area contributed by atoms with E-state index in [1.54, 1.807) is 48.5 Å². The highest BCUT2D eigenvalue weighted by molar-refractivity contribution is 8.19. The van der Waals surface area contributed by atoms with Crippen molar-refractivity contribution in [2.45, 2.75) is 13.8 Å². The van der Waals surface area contributed by atoms with Crippen LogP contribution in [0.15, 0.2) is 59.5 Å². The highest BCUT2D eigenvalue weighted by Crippen LogP contribution is 2.36. The zero-order valence-electron chi connectivity index (χ0n) is 17.6. The highest BCUT2D eigenvalue weighted by Gasteiger charge is 2.36. The van der Waals surface area contributed by atoms with Crippen molar-refractivity contribution >= 4 is 52.2 Å². The molecule has 0 aliphatic carbocycles. The van der Waals surface area contributed by atoms with Crippen LogP contribution in [0.1, 0.15) is 27.3 Å². The molecule has 0 saturated carbocycles. The fourth-order valence-electron chi connectivity index (χ4n) is 3.66. The quantitative estimate of drug-likeness (QED) is 0.360. The molecule has 1 saturated heterocycles. The Morgan fingerprint density at radius 3 is 2.41 bits per heavy atom. The van der Waals surface area contributed by atoms with Crippen molar-refractivity contribution < 1.29 is 19.1 Å². The van der Waals surface area contributed by atoms with Gasteiger partial charge in [-0.15, -0.1) is 0 Å². The number of anilines is 1. The first-order valence-electron chi connectivity index (χ1n) is 9.72. The molecule has 2 heterocycles. The van der Waals surface area contributed by atoms with Gasteiger partial charge in [0.2, 0.25) is 0 Å². The van der Waals surface area contributed by atoms with Crippen LogP contribution in [0, 0.1) is 13.8 Å². The number of carbonyl (C=O) groups excluding carboxylic acids is 3. The number of rotatable bonds is 4. The molecule has 1 fully saturated rings. The van der Waals surface area contributed by atoms with Crippen LogP contribution in [0.25, 0.3) is 11.8 Å². The van der Waals surface area contributed by atoms with Crippen LogP contribution in [0.5, 0.6) is 0 Å². The second kappa shape index (κ2) is 8.68. The lowest BCUT2D eigenvalue weighted by molar-refractivity contribution is -0.113. The summed E-state index contributed by atoms with van der Waals surface area (Å²) in [6, 6.07) is 15.9. The van der Waals surface area contributed by atoms with Gasteiger partial charge in [0, 0.05) is 17.1 Å². The standard InChI is InChI=1S/C24H19ClN2O4S/c1-14-11-16(12-21-22(28)27(24(30)32-21)17-7-5-4-6-8-17)15(2)26(14)18-9-10-19(20(25)13-18)23(29)31-3/h4-13H,1-3H3/b21-12-. The smallest absolute Gasteiger partial charge is 0.339 e. The fourth-order valence-corrected chi connectivity index (χ4v) is 4.74. The van der Waals surface area contributed by atoms with Crippen molar-refractivity contribution in [3.8, 4) is 5.69 Å². The summed E-state index contributed by atoms with van der Waals surface area (Å²) < 4.78 is 6.72. The normalized spacial score (nSPS) is 15.0. The number of benzene rings is 2. The van der Waals surface area contributed by atoms with E-state index in [1.807, 2.05) is 30.5 Å². The zero-order valence-corrected chi connectivity index (χ0v) is 19.2. The van der Waals surface area contributed by atoms with Crippen LogP contribution in [0.4, 0.5) is 10.5 Å². The van der Waals surface area contributed by atoms with Gasteiger partial charge in [-0.3, -0.25) is 9.59 Å². The molecule has 0 N–H and O–H groups in total. The second-order valence-corrected chi connectivity index (χ2v) is 8.57. The van der Waals surface area contributed by atoms with Crippen LogP contribution in [0.3, 0.4) is 0 Å². The summed E-state index contributed by atoms with van der Waals surface area (Å²) >= 11 is 7.21. The molecule has 0 spiro atoms. The molecule has 1 aliphatic heterocycles. The van der Waals surface area contributed by atoms with E-state index in [4.69, 9.17) is 16.3 Å². The number of methoxy groups -OCH3 is 1. The third-order valence-electron chi connectivity index (χ3n) is 5.18. The largest absolute Gasteiger partial charge is 0.465 e. The highest BCUT2D eigenvalue weighted by atomic mass is 35.5. The van der Waals surface area contributed by atoms with Gasteiger partial charge in [0.25, 0.3) is 11.1 Å². The van der Waals surface area contributed by atoms with Gasteiger partial charge in [-0.1, -0.05) is 29.8 Å². The average Bonchev–Trinajstić information content (AvgIpc) is 3.22. The van der Waals surface area contributed by atoms with Crippen molar-refractivity contribution in [1.29, 1.82) is 0 Å². The van der Waals surface area contributed by atoms with Crippen molar-refractivity contribution in [3.05, 3.63) is 87.0 Å². The maximum atomic E-state index is 12.9. The minimum atomic E-state index is -0.502. The Hall–Kier alpha value is -3.29. The minimum Gasteiger partial charge on any atom is -0.465 e. The maximum Gasteiger partial charge on any atom is 0.339 e. The molecule has 8 heteroatoms. The third kappa shape index (κ3) is 3.85. The number of aromatic nitrogens is 1. The number of thioether (sulfide) groups is 1. The van der Waals surface area contributed by atoms with E-state index in [1.165, 1.54) is 12.0 Å². The average molecular weight is 467 g/mol. The Labute approximate surface area is 194 Å². The molecule has 1 aliphatic rings. The van der Waals surface area contributed by atoms with E-state index >= 15 is 0 Å². The van der Waals surface area contributed by atoms with E-state index in [2.05, 4.69) is 0 Å². The molecule has 1 aromatic heterocycles. The molecule has 32 heavy (non-hydrogen) atoms. The van der Waals surface area contributed by atoms with Crippen LogP contribution in [-0.2, 0) is 9.53 Å². The zero-order chi connectivity index (χ0) is 23.0. The summed E-state index contributed by atoms with van der Waals surface area (Å²) in [7, 11) is 1.30. The number of imide groups is 1. The molecule has 0 bridgehead atoms. The number of para-hydroxylation sites is 1. The number of nitrogens with zero attached hydrogens (tertiary/aromatic N) is 2. The lowest BCUT2D eigenvalue weighted by atomic mass is 10.2. The summed E-state index contributed by atoms with van der Waals surface area (Å²) in [5.74, 6) is -0.848. The van der Waals surface area contributed by atoms with Gasteiger partial charge in [0.05, 0.1) is 28.3 Å². The molecular formula is C24H19ClN2O4S. The van der Waals surface area contributed by atoms with Gasteiger partial charge in [0.1, 0.15) is 0 Å². The summed E-state index contributed by atoms with van der Waals surface area (Å²) in [6.07, 6.45) is 1.73. The number of carbonyl (C=O) groups is 3. The van der Waals surface area contributed by atoms with Gasteiger partial charge in [-0.05, 0) is 73.6 Å². The summed E-state index contributed by atoms with van der Waals surface area (Å²) in [5.41, 5.74) is 4.21. The third-order valence-corrected chi connectivity index (χ3v) is 6.36. The number of hydrogen-bond acceptors (Lipinski definition) is 5. The van der Waals surface area contributed by atoms with Gasteiger partial charge in [0.15, 0.2) is 0 Å². The first-order valence-corrected chi connectivity index (χ1v) is 10.9. The fraction of sp³-hybridized carbons (Fsp3) is 0.125. The van der Waals surface area contributed by atoms with E-state index < -0.39 is 5.97 Å². The van der Waals surface area contributed by atoms with E-state index in [0.717, 1.165) is 34.4 Å². The molecule has 2 aromatic carbocycles. The number of esters is 1. The topological polar surface area (TPSA) is 68.6 Å². The molecule has 3 aromatic rings. The SMILES string of the molecule is COC(=O)c1ccc(-n2c(C)cc(/C=C3\SC(=O)N(c4ccccc4)C3=O)c2C)cc1Cl. The molecule has 0 unspecified atom stereocenters. The number of ether oxygens (including phenoxy) is 1. The predicted octanol–water partition coefficient (Wildman–Crippen LogP) is 5.78. The van der Waals surface area contributed by atoms with Crippen LogP contribution < -0.4 is 4.90 Å². The maximum absolute atomic E-state index is 12.9. The van der Waals surface area contributed by atoms with Crippen LogP contribution >= 0.6 is 23.4 Å². The Balaban J connectivity index is 1.69. The Bertz CT molecular complexity index is 1280. The van der Waals surface area contributed by atoms with Crippen molar-refractivity contribution in [1.82, 2.24) is 4.57 Å². The Morgan fingerprint density at radius 1 is 1.03 bits per heavy atom. The first-order chi connectivity index (χ1) is 15.3. The molecule has 4 rings (SSSR count). The van der Waals surface area contributed by atoms with Crippen molar-refractivity contribution in [2.24, 2.45) is 0 Å². The van der Waals surface area contributed by atoms with Crippen molar-refractivity contribution in [2.75, 3.05) is 12.0 Å². The van der Waals surface area contributed by atoms with Gasteiger partial charge in [-0.2, -0.15) is 0 Å². The summed E-state index contributed by atoms with van der Waals surface area (Å²) in [4.78, 5) is 38.8.